The van der Waals surface area contributed by atoms with Gasteiger partial charge in [-0.05, 0) is 19.3 Å². The Kier molecular flexibility index (Phi) is 12.8. The molecule has 0 unspecified atom stereocenters. The summed E-state index contributed by atoms with van der Waals surface area (Å²) in [5, 5.41) is 0. The fraction of sp³-hybridized carbons (Fsp3) is 0.636. The number of allylic oxidation sites excluding steroid dienone is 4. The molecule has 0 radical (unpaired) electrons. The molecule has 0 atom stereocenters. The average Bonchev–Trinajstić information content (AvgIpc) is 2.66. The van der Waals surface area contributed by atoms with E-state index in [2.05, 4.69) is 25.2 Å². The normalized spacial score (nSPS) is 13.2. The van der Waals surface area contributed by atoms with E-state index in [0.717, 1.165) is 0 Å². The number of halogens is 2. The van der Waals surface area contributed by atoms with Crippen molar-refractivity contribution in [2.75, 3.05) is 0 Å². The zero-order valence-corrected chi connectivity index (χ0v) is 12.7. The first-order valence-corrected chi connectivity index (χ1v) is 11.5. The second kappa shape index (κ2) is 12.0. The second-order valence-electron chi connectivity index (χ2n) is 3.30. The van der Waals surface area contributed by atoms with E-state index in [0.29, 0.717) is 0 Å². The molecule has 0 aromatic carbocycles. The number of hydrogen-bond donors (Lipinski definition) is 0. The summed E-state index contributed by atoms with van der Waals surface area (Å²) in [7, 11) is 9.87. The molecule has 14 heavy (non-hydrogen) atoms. The monoisotopic (exact) mass is 310 g/mol. The summed E-state index contributed by atoms with van der Waals surface area (Å²) in [6.07, 6.45) is 14.9. The van der Waals surface area contributed by atoms with Gasteiger partial charge in [0.15, 0.2) is 0 Å². The van der Waals surface area contributed by atoms with Crippen molar-refractivity contribution in [1.29, 1.82) is 0 Å². The van der Waals surface area contributed by atoms with Gasteiger partial charge in [0.05, 0.1) is 0 Å². The van der Waals surface area contributed by atoms with E-state index >= 15 is 0 Å². The first-order valence-electron chi connectivity index (χ1n) is 5.17. The number of hydrogen-bond acceptors (Lipinski definition) is 0. The SMILES string of the molecule is CCCCCCC1=CCC=C1.[Cl][Zr][Cl]. The summed E-state index contributed by atoms with van der Waals surface area (Å²) in [5.41, 5.74) is 1.56. The first kappa shape index (κ1) is 14.9. The van der Waals surface area contributed by atoms with E-state index in [-0.39, 0.29) is 0 Å². The summed E-state index contributed by atoms with van der Waals surface area (Å²) >= 11 is -0.826. The van der Waals surface area contributed by atoms with Crippen molar-refractivity contribution in [3.8, 4) is 0 Å². The molecule has 0 heterocycles. The molecule has 1 rings (SSSR count). The zero-order valence-electron chi connectivity index (χ0n) is 8.73. The molecule has 0 spiro atoms. The van der Waals surface area contributed by atoms with Gasteiger partial charge < -0.3 is 0 Å². The molecule has 0 amide bonds. The molecule has 0 saturated heterocycles. The molecule has 0 nitrogen and oxygen atoms in total. The molecule has 1 aliphatic carbocycles. The first-order chi connectivity index (χ1) is 6.85. The van der Waals surface area contributed by atoms with Crippen molar-refractivity contribution in [1.82, 2.24) is 0 Å². The van der Waals surface area contributed by atoms with Crippen molar-refractivity contribution in [3.05, 3.63) is 23.8 Å². The Morgan fingerprint density at radius 3 is 2.50 bits per heavy atom. The van der Waals surface area contributed by atoms with Crippen molar-refractivity contribution >= 4 is 17.0 Å². The van der Waals surface area contributed by atoms with Crippen LogP contribution >= 0.6 is 17.0 Å². The molecule has 0 aromatic rings. The standard InChI is InChI=1S/C11H18.2ClH.Zr/c1-2-3-4-5-8-11-9-6-7-10-11;;;/h6,9-10H,2-5,7-8H2,1H3;2*1H;/q;;;+2/p-2. The fourth-order valence-corrected chi connectivity index (χ4v) is 1.45. The number of unbranched alkanes of at least 4 members (excludes halogenated alkanes) is 3. The van der Waals surface area contributed by atoms with Crippen LogP contribution in [0.4, 0.5) is 0 Å². The van der Waals surface area contributed by atoms with Crippen LogP contribution in [0.1, 0.15) is 45.4 Å². The van der Waals surface area contributed by atoms with E-state index in [1.54, 1.807) is 5.57 Å². The average molecular weight is 312 g/mol. The third kappa shape index (κ3) is 9.50. The van der Waals surface area contributed by atoms with E-state index in [4.69, 9.17) is 17.0 Å². The number of rotatable bonds is 5. The van der Waals surface area contributed by atoms with Gasteiger partial charge in [0, 0.05) is 0 Å². The van der Waals surface area contributed by atoms with Gasteiger partial charge in [-0.2, -0.15) is 0 Å². The molecule has 0 bridgehead atoms. The van der Waals surface area contributed by atoms with Gasteiger partial charge in [-0.15, -0.1) is 0 Å². The van der Waals surface area contributed by atoms with Crippen LogP contribution < -0.4 is 0 Å². The van der Waals surface area contributed by atoms with E-state index in [9.17, 15) is 0 Å². The van der Waals surface area contributed by atoms with Gasteiger partial charge in [0.1, 0.15) is 0 Å². The maximum absolute atomic E-state index is 4.93. The van der Waals surface area contributed by atoms with Gasteiger partial charge in [0.2, 0.25) is 0 Å². The molecule has 0 saturated carbocycles. The van der Waals surface area contributed by atoms with Gasteiger partial charge >= 0.3 is 37.9 Å². The minimum absolute atomic E-state index is 0.826. The van der Waals surface area contributed by atoms with Crippen LogP contribution in [-0.2, 0) is 20.8 Å². The molecule has 0 aromatic heterocycles. The van der Waals surface area contributed by atoms with Crippen molar-refractivity contribution < 1.29 is 20.8 Å². The van der Waals surface area contributed by atoms with Crippen LogP contribution in [0.3, 0.4) is 0 Å². The van der Waals surface area contributed by atoms with E-state index < -0.39 is 20.8 Å². The van der Waals surface area contributed by atoms with Gasteiger partial charge in [-0.3, -0.25) is 0 Å². The Labute approximate surface area is 106 Å². The molecular weight excluding hydrogens is 294 g/mol. The third-order valence-corrected chi connectivity index (χ3v) is 2.17. The van der Waals surface area contributed by atoms with Crippen molar-refractivity contribution in [3.63, 3.8) is 0 Å². The zero-order chi connectivity index (χ0) is 10.6. The summed E-state index contributed by atoms with van der Waals surface area (Å²) in [4.78, 5) is 0. The molecule has 0 aliphatic heterocycles. The van der Waals surface area contributed by atoms with Crippen molar-refractivity contribution in [2.24, 2.45) is 0 Å². The molecule has 0 fully saturated rings. The summed E-state index contributed by atoms with van der Waals surface area (Å²) in [5.74, 6) is 0. The van der Waals surface area contributed by atoms with Gasteiger partial charge in [-0.1, -0.05) is 50.0 Å². The Balaban J connectivity index is 0.000000500. The molecule has 0 N–H and O–H groups in total. The van der Waals surface area contributed by atoms with Crippen LogP contribution in [0, 0.1) is 0 Å². The van der Waals surface area contributed by atoms with Gasteiger partial charge in [0.25, 0.3) is 0 Å². The van der Waals surface area contributed by atoms with Crippen LogP contribution in [0.25, 0.3) is 0 Å². The topological polar surface area (TPSA) is 0 Å². The van der Waals surface area contributed by atoms with Crippen LogP contribution in [0.5, 0.6) is 0 Å². The molecule has 3 heteroatoms. The van der Waals surface area contributed by atoms with Crippen molar-refractivity contribution in [2.45, 2.75) is 45.4 Å². The predicted molar refractivity (Wildman–Crippen MR) is 62.3 cm³/mol. The molecule has 1 aliphatic rings. The summed E-state index contributed by atoms with van der Waals surface area (Å²) in [6, 6.07) is 0. The van der Waals surface area contributed by atoms with Crippen LogP contribution in [0.15, 0.2) is 23.8 Å². The van der Waals surface area contributed by atoms with Crippen LogP contribution in [0.2, 0.25) is 0 Å². The Morgan fingerprint density at radius 1 is 1.29 bits per heavy atom. The molecular formula is C11H18Cl2Zr. The van der Waals surface area contributed by atoms with E-state index in [1.165, 1.54) is 38.5 Å². The maximum atomic E-state index is 4.93. The van der Waals surface area contributed by atoms with Crippen LogP contribution in [-0.4, -0.2) is 0 Å². The molecule has 80 valence electrons. The predicted octanol–water partition coefficient (Wildman–Crippen LogP) is 5.22. The Hall–Kier alpha value is 0.943. The Morgan fingerprint density at radius 2 is 2.00 bits per heavy atom. The Bertz CT molecular complexity index is 176. The summed E-state index contributed by atoms with van der Waals surface area (Å²) in [6.45, 7) is 2.26. The van der Waals surface area contributed by atoms with E-state index in [1.807, 2.05) is 0 Å². The van der Waals surface area contributed by atoms with Gasteiger partial charge in [-0.25, -0.2) is 0 Å². The summed E-state index contributed by atoms with van der Waals surface area (Å²) < 4.78 is 0. The third-order valence-electron chi connectivity index (χ3n) is 2.17. The fourth-order valence-electron chi connectivity index (χ4n) is 1.45. The minimum atomic E-state index is -0.826. The second-order valence-corrected chi connectivity index (χ2v) is 7.03. The quantitative estimate of drug-likeness (QED) is 0.611.